The summed E-state index contributed by atoms with van der Waals surface area (Å²) in [6.45, 7) is 0.849. The highest BCUT2D eigenvalue weighted by atomic mass is 32.2. The monoisotopic (exact) mass is 400 g/mol. The molecule has 2 aliphatic rings. The molecule has 1 aliphatic heterocycles. The molecule has 0 saturated heterocycles. The van der Waals surface area contributed by atoms with Gasteiger partial charge < -0.3 is 10.5 Å². The average molecular weight is 401 g/mol. The molecule has 4 rings (SSSR count). The van der Waals surface area contributed by atoms with Gasteiger partial charge in [-0.25, -0.2) is 8.42 Å². The molecule has 0 bridgehead atoms. The number of nitrogens with zero attached hydrogens (tertiary/aromatic N) is 1. The summed E-state index contributed by atoms with van der Waals surface area (Å²) in [5.74, 6) is 0.335. The fraction of sp³-hybridized carbons (Fsp3) is 0.381. The van der Waals surface area contributed by atoms with E-state index in [0.717, 1.165) is 36.0 Å². The third-order valence-electron chi connectivity index (χ3n) is 5.44. The van der Waals surface area contributed by atoms with Gasteiger partial charge in [-0.2, -0.15) is 4.31 Å². The minimum Gasteiger partial charge on any atom is -0.492 e. The molecule has 148 valence electrons. The zero-order valence-corrected chi connectivity index (χ0v) is 16.5. The van der Waals surface area contributed by atoms with Crippen molar-refractivity contribution in [2.24, 2.45) is 5.73 Å². The highest BCUT2D eigenvalue weighted by molar-refractivity contribution is 7.89. The minimum atomic E-state index is -3.61. The molecule has 28 heavy (non-hydrogen) atoms. The molecule has 0 saturated carbocycles. The van der Waals surface area contributed by atoms with Crippen molar-refractivity contribution in [2.45, 2.75) is 43.5 Å². The zero-order chi connectivity index (χ0) is 19.7. The van der Waals surface area contributed by atoms with Crippen LogP contribution in [0.1, 0.15) is 35.1 Å². The van der Waals surface area contributed by atoms with Crippen molar-refractivity contribution in [3.63, 3.8) is 0 Å². The second-order valence-electron chi connectivity index (χ2n) is 7.38. The lowest BCUT2D eigenvalue weighted by Gasteiger charge is -2.20. The molecule has 2 N–H and O–H groups in total. The van der Waals surface area contributed by atoms with Gasteiger partial charge in [0.1, 0.15) is 12.4 Å². The number of ether oxygens (including phenoxy) is 1. The molecule has 0 spiro atoms. The van der Waals surface area contributed by atoms with E-state index in [-0.39, 0.29) is 18.9 Å². The second-order valence-corrected chi connectivity index (χ2v) is 9.32. The van der Waals surface area contributed by atoms with Crippen LogP contribution < -0.4 is 10.5 Å². The maximum Gasteiger partial charge on any atom is 0.243 e. The predicted molar refractivity (Wildman–Crippen MR) is 106 cm³/mol. The van der Waals surface area contributed by atoms with Gasteiger partial charge in [-0.15, -0.1) is 0 Å². The summed E-state index contributed by atoms with van der Waals surface area (Å²) in [6, 6.07) is 11.1. The van der Waals surface area contributed by atoms with Crippen LogP contribution in [0.4, 0.5) is 0 Å². The van der Waals surface area contributed by atoms with Gasteiger partial charge in [0.25, 0.3) is 0 Å². The summed E-state index contributed by atoms with van der Waals surface area (Å²) in [5.41, 5.74) is 9.38. The van der Waals surface area contributed by atoms with Crippen molar-refractivity contribution in [3.8, 4) is 5.75 Å². The number of fused-ring (bicyclic) bond motifs is 2. The molecular weight excluding hydrogens is 376 g/mol. The normalized spacial score (nSPS) is 16.7. The standard InChI is InChI=1S/C21H24N2O4S/c22-21(24)9-5-15-4-8-20-18(12-15)14-23(10-11-27-20)28(25,26)19-7-6-16-2-1-3-17(16)13-19/h4,6-8,12-13H,1-3,5,9-11,14H2,(H2,22,24). The Balaban J connectivity index is 1.61. The number of aryl methyl sites for hydroxylation is 3. The van der Waals surface area contributed by atoms with E-state index in [1.54, 1.807) is 6.07 Å². The Hall–Kier alpha value is -2.38. The van der Waals surface area contributed by atoms with Crippen molar-refractivity contribution >= 4 is 15.9 Å². The molecule has 1 aliphatic carbocycles. The number of hydrogen-bond acceptors (Lipinski definition) is 4. The Morgan fingerprint density at radius 3 is 2.71 bits per heavy atom. The summed E-state index contributed by atoms with van der Waals surface area (Å²) in [7, 11) is -3.61. The van der Waals surface area contributed by atoms with Crippen LogP contribution in [-0.4, -0.2) is 31.8 Å². The summed E-state index contributed by atoms with van der Waals surface area (Å²) < 4.78 is 33.8. The largest absolute Gasteiger partial charge is 0.492 e. The third kappa shape index (κ3) is 3.77. The number of sulfonamides is 1. The van der Waals surface area contributed by atoms with E-state index in [9.17, 15) is 13.2 Å². The molecule has 0 aromatic heterocycles. The van der Waals surface area contributed by atoms with Crippen LogP contribution >= 0.6 is 0 Å². The van der Waals surface area contributed by atoms with Crippen molar-refractivity contribution in [3.05, 3.63) is 58.7 Å². The van der Waals surface area contributed by atoms with Gasteiger partial charge in [0.05, 0.1) is 4.90 Å². The Morgan fingerprint density at radius 1 is 1.07 bits per heavy atom. The first kappa shape index (κ1) is 19.0. The number of nitrogens with two attached hydrogens (primary N) is 1. The smallest absolute Gasteiger partial charge is 0.243 e. The molecule has 1 heterocycles. The number of rotatable bonds is 5. The molecule has 0 atom stereocenters. The Kier molecular flexibility index (Phi) is 5.12. The van der Waals surface area contributed by atoms with E-state index in [1.165, 1.54) is 9.87 Å². The van der Waals surface area contributed by atoms with Gasteiger partial charge in [-0.05, 0) is 60.6 Å². The maximum atomic E-state index is 13.3. The van der Waals surface area contributed by atoms with Crippen LogP contribution in [0.3, 0.4) is 0 Å². The van der Waals surface area contributed by atoms with Gasteiger partial charge in [-0.3, -0.25) is 4.79 Å². The fourth-order valence-electron chi connectivity index (χ4n) is 3.91. The second kappa shape index (κ2) is 7.56. The molecule has 1 amide bonds. The Labute approximate surface area is 165 Å². The highest BCUT2D eigenvalue weighted by Crippen LogP contribution is 2.30. The van der Waals surface area contributed by atoms with Crippen LogP contribution in [0.15, 0.2) is 41.3 Å². The number of carbonyl (C=O) groups is 1. The van der Waals surface area contributed by atoms with E-state index in [1.807, 2.05) is 30.3 Å². The Bertz CT molecular complexity index is 1020. The Morgan fingerprint density at radius 2 is 1.89 bits per heavy atom. The number of primary amides is 1. The summed E-state index contributed by atoms with van der Waals surface area (Å²) in [5, 5.41) is 0. The summed E-state index contributed by atoms with van der Waals surface area (Å²) in [6.07, 6.45) is 3.83. The van der Waals surface area contributed by atoms with Gasteiger partial charge in [0.2, 0.25) is 15.9 Å². The lowest BCUT2D eigenvalue weighted by Crippen LogP contribution is -2.32. The first-order chi connectivity index (χ1) is 13.4. The van der Waals surface area contributed by atoms with Gasteiger partial charge in [0, 0.05) is 25.1 Å². The van der Waals surface area contributed by atoms with E-state index >= 15 is 0 Å². The quantitative estimate of drug-likeness (QED) is 0.833. The summed E-state index contributed by atoms with van der Waals surface area (Å²) in [4.78, 5) is 11.4. The topological polar surface area (TPSA) is 89.7 Å². The van der Waals surface area contributed by atoms with Crippen LogP contribution in [0, 0.1) is 0 Å². The minimum absolute atomic E-state index is 0.249. The molecule has 0 unspecified atom stereocenters. The van der Waals surface area contributed by atoms with Crippen LogP contribution in [0.5, 0.6) is 5.75 Å². The lowest BCUT2D eigenvalue weighted by molar-refractivity contribution is -0.117. The molecule has 2 aromatic rings. The van der Waals surface area contributed by atoms with Crippen molar-refractivity contribution in [2.75, 3.05) is 13.2 Å². The van der Waals surface area contributed by atoms with Crippen LogP contribution in [-0.2, 0) is 40.6 Å². The van der Waals surface area contributed by atoms with Crippen molar-refractivity contribution in [1.82, 2.24) is 4.31 Å². The molecule has 0 radical (unpaired) electrons. The van der Waals surface area contributed by atoms with E-state index in [2.05, 4.69) is 0 Å². The van der Waals surface area contributed by atoms with Crippen LogP contribution in [0.25, 0.3) is 0 Å². The van der Waals surface area contributed by atoms with Crippen molar-refractivity contribution in [1.29, 1.82) is 0 Å². The lowest BCUT2D eigenvalue weighted by atomic mass is 10.1. The number of benzene rings is 2. The van der Waals surface area contributed by atoms with Crippen LogP contribution in [0.2, 0.25) is 0 Å². The number of amides is 1. The van der Waals surface area contributed by atoms with Gasteiger partial charge >= 0.3 is 0 Å². The zero-order valence-electron chi connectivity index (χ0n) is 15.7. The first-order valence-electron chi connectivity index (χ1n) is 9.58. The average Bonchev–Trinajstić information content (AvgIpc) is 3.03. The highest BCUT2D eigenvalue weighted by Gasteiger charge is 2.29. The number of carbonyl (C=O) groups excluding carboxylic acids is 1. The van der Waals surface area contributed by atoms with Crippen molar-refractivity contribution < 1.29 is 17.9 Å². The SMILES string of the molecule is NC(=O)CCc1ccc2c(c1)CN(S(=O)(=O)c1ccc3c(c1)CCC3)CCO2. The fourth-order valence-corrected chi connectivity index (χ4v) is 5.36. The van der Waals surface area contributed by atoms with Gasteiger partial charge in [0.15, 0.2) is 0 Å². The van der Waals surface area contributed by atoms with E-state index in [4.69, 9.17) is 10.5 Å². The van der Waals surface area contributed by atoms with E-state index < -0.39 is 10.0 Å². The number of hydrogen-bond donors (Lipinski definition) is 1. The molecule has 6 nitrogen and oxygen atoms in total. The molecule has 2 aromatic carbocycles. The third-order valence-corrected chi connectivity index (χ3v) is 7.28. The van der Waals surface area contributed by atoms with E-state index in [0.29, 0.717) is 30.2 Å². The predicted octanol–water partition coefficient (Wildman–Crippen LogP) is 2.18. The first-order valence-corrected chi connectivity index (χ1v) is 11.0. The molecule has 7 heteroatoms. The maximum absolute atomic E-state index is 13.3. The molecular formula is C21H24N2O4S. The summed E-state index contributed by atoms with van der Waals surface area (Å²) >= 11 is 0. The van der Waals surface area contributed by atoms with Gasteiger partial charge in [-0.1, -0.05) is 18.2 Å². The molecule has 0 fully saturated rings.